The van der Waals surface area contributed by atoms with E-state index in [2.05, 4.69) is 0 Å². The maximum Gasteiger partial charge on any atom is 0.222 e. The van der Waals surface area contributed by atoms with Crippen molar-refractivity contribution in [2.24, 2.45) is 5.73 Å². The van der Waals surface area contributed by atoms with Crippen LogP contribution < -0.4 is 5.73 Å². The monoisotopic (exact) mass is 252 g/mol. The van der Waals surface area contributed by atoms with Gasteiger partial charge in [-0.3, -0.25) is 4.79 Å². The van der Waals surface area contributed by atoms with Gasteiger partial charge in [-0.2, -0.15) is 0 Å². The van der Waals surface area contributed by atoms with Crippen LogP contribution in [0.15, 0.2) is 0 Å². The van der Waals surface area contributed by atoms with Crippen molar-refractivity contribution >= 4 is 18.3 Å². The van der Waals surface area contributed by atoms with Gasteiger partial charge in [0, 0.05) is 32.2 Å². The molecule has 5 heteroatoms. The van der Waals surface area contributed by atoms with Crippen LogP contribution in [0.5, 0.6) is 0 Å². The molecule has 0 aromatic carbocycles. The summed E-state index contributed by atoms with van der Waals surface area (Å²) in [4.78, 5) is 13.5. The van der Waals surface area contributed by atoms with Gasteiger partial charge in [-0.25, -0.2) is 0 Å². The number of amides is 1. The van der Waals surface area contributed by atoms with Gasteiger partial charge in [0.2, 0.25) is 5.91 Å². The number of carbonyl (C=O) groups is 1. The number of hydrogen-bond donors (Lipinski definition) is 1. The first-order chi connectivity index (χ1) is 7.11. The highest BCUT2D eigenvalue weighted by Crippen LogP contribution is 2.00. The fourth-order valence-corrected chi connectivity index (χ4v) is 1.29. The van der Waals surface area contributed by atoms with Gasteiger partial charge in [-0.15, -0.1) is 12.4 Å². The minimum atomic E-state index is 0. The third kappa shape index (κ3) is 8.95. The zero-order chi connectivity index (χ0) is 11.7. The standard InChI is InChI=1S/C11H24N2O2.ClH/c1-4-13(8-9-15-5-2)11(14)7-6-10(3)12;/h10H,4-9,12H2,1-3H3;1H. The molecule has 16 heavy (non-hydrogen) atoms. The van der Waals surface area contributed by atoms with E-state index >= 15 is 0 Å². The minimum absolute atomic E-state index is 0. The molecule has 0 spiro atoms. The smallest absolute Gasteiger partial charge is 0.222 e. The molecule has 2 N–H and O–H groups in total. The van der Waals surface area contributed by atoms with Crippen LogP contribution in [0, 0.1) is 0 Å². The lowest BCUT2D eigenvalue weighted by Crippen LogP contribution is -2.34. The average molecular weight is 253 g/mol. The highest BCUT2D eigenvalue weighted by molar-refractivity contribution is 5.85. The van der Waals surface area contributed by atoms with E-state index in [1.54, 1.807) is 0 Å². The van der Waals surface area contributed by atoms with Crippen molar-refractivity contribution in [1.29, 1.82) is 0 Å². The van der Waals surface area contributed by atoms with Crippen molar-refractivity contribution in [3.63, 3.8) is 0 Å². The second kappa shape index (κ2) is 11.2. The summed E-state index contributed by atoms with van der Waals surface area (Å²) in [5.74, 6) is 0.175. The van der Waals surface area contributed by atoms with Crippen LogP contribution in [0.3, 0.4) is 0 Å². The summed E-state index contributed by atoms with van der Waals surface area (Å²) in [6.07, 6.45) is 1.29. The second-order valence-corrected chi connectivity index (χ2v) is 3.69. The summed E-state index contributed by atoms with van der Waals surface area (Å²) >= 11 is 0. The first-order valence-corrected chi connectivity index (χ1v) is 5.72. The lowest BCUT2D eigenvalue weighted by Gasteiger charge is -2.21. The van der Waals surface area contributed by atoms with E-state index in [1.807, 2.05) is 25.7 Å². The highest BCUT2D eigenvalue weighted by Gasteiger charge is 2.11. The Morgan fingerprint density at radius 2 is 2.06 bits per heavy atom. The molecule has 0 rings (SSSR count). The molecule has 0 fully saturated rings. The van der Waals surface area contributed by atoms with Crippen LogP contribution in [0.25, 0.3) is 0 Å². The van der Waals surface area contributed by atoms with Crippen molar-refractivity contribution < 1.29 is 9.53 Å². The van der Waals surface area contributed by atoms with Crippen molar-refractivity contribution in [1.82, 2.24) is 4.90 Å². The minimum Gasteiger partial charge on any atom is -0.380 e. The number of ether oxygens (including phenoxy) is 1. The lowest BCUT2D eigenvalue weighted by molar-refractivity contribution is -0.131. The normalized spacial score (nSPS) is 11.8. The summed E-state index contributed by atoms with van der Waals surface area (Å²) in [7, 11) is 0. The Hall–Kier alpha value is -0.320. The summed E-state index contributed by atoms with van der Waals surface area (Å²) in [5, 5.41) is 0. The van der Waals surface area contributed by atoms with Crippen LogP contribution in [-0.4, -0.2) is 43.2 Å². The molecule has 4 nitrogen and oxygen atoms in total. The molecule has 0 aliphatic heterocycles. The van der Waals surface area contributed by atoms with Crippen molar-refractivity contribution in [3.8, 4) is 0 Å². The topological polar surface area (TPSA) is 55.6 Å². The molecule has 0 saturated heterocycles. The van der Waals surface area contributed by atoms with E-state index in [1.165, 1.54) is 0 Å². The Balaban J connectivity index is 0. The number of hydrogen-bond acceptors (Lipinski definition) is 3. The Morgan fingerprint density at radius 3 is 2.50 bits per heavy atom. The summed E-state index contributed by atoms with van der Waals surface area (Å²) < 4.78 is 5.22. The molecule has 1 unspecified atom stereocenters. The van der Waals surface area contributed by atoms with E-state index in [4.69, 9.17) is 10.5 Å². The van der Waals surface area contributed by atoms with Gasteiger partial charge in [-0.1, -0.05) is 0 Å². The molecule has 0 aromatic rings. The van der Waals surface area contributed by atoms with Gasteiger partial charge < -0.3 is 15.4 Å². The number of likely N-dealkylation sites (N-methyl/N-ethyl adjacent to an activating group) is 1. The molecule has 0 aromatic heterocycles. The summed E-state index contributed by atoms with van der Waals surface area (Å²) in [6.45, 7) is 8.60. The van der Waals surface area contributed by atoms with Crippen LogP contribution in [0.2, 0.25) is 0 Å². The van der Waals surface area contributed by atoms with E-state index < -0.39 is 0 Å². The Labute approximate surface area is 105 Å². The van der Waals surface area contributed by atoms with Crippen molar-refractivity contribution in [2.45, 2.75) is 39.7 Å². The molecule has 1 atom stereocenters. The molecule has 0 aliphatic rings. The van der Waals surface area contributed by atoms with E-state index in [0.717, 1.165) is 13.0 Å². The van der Waals surface area contributed by atoms with E-state index in [0.29, 0.717) is 26.2 Å². The van der Waals surface area contributed by atoms with Gasteiger partial charge in [-0.05, 0) is 27.2 Å². The maximum absolute atomic E-state index is 11.7. The predicted molar refractivity (Wildman–Crippen MR) is 68.9 cm³/mol. The molecule has 0 aliphatic carbocycles. The predicted octanol–water partition coefficient (Wildman–Crippen LogP) is 1.42. The third-order valence-electron chi connectivity index (χ3n) is 2.26. The zero-order valence-electron chi connectivity index (χ0n) is 10.6. The van der Waals surface area contributed by atoms with Crippen LogP contribution in [0.4, 0.5) is 0 Å². The Morgan fingerprint density at radius 1 is 1.44 bits per heavy atom. The number of nitrogens with zero attached hydrogens (tertiary/aromatic N) is 1. The molecule has 1 amide bonds. The van der Waals surface area contributed by atoms with Crippen LogP contribution in [-0.2, 0) is 9.53 Å². The maximum atomic E-state index is 11.7. The van der Waals surface area contributed by atoms with Crippen LogP contribution in [0.1, 0.15) is 33.6 Å². The van der Waals surface area contributed by atoms with Gasteiger partial charge in [0.15, 0.2) is 0 Å². The summed E-state index contributed by atoms with van der Waals surface area (Å²) in [5.41, 5.74) is 5.61. The number of halogens is 1. The van der Waals surface area contributed by atoms with Crippen molar-refractivity contribution in [2.75, 3.05) is 26.3 Å². The largest absolute Gasteiger partial charge is 0.380 e. The lowest BCUT2D eigenvalue weighted by atomic mass is 10.2. The molecule has 98 valence electrons. The molecule has 0 heterocycles. The fraction of sp³-hybridized carbons (Fsp3) is 0.909. The van der Waals surface area contributed by atoms with E-state index in [-0.39, 0.29) is 24.4 Å². The SMILES string of the molecule is CCOCCN(CC)C(=O)CCC(C)N.Cl. The Bertz CT molecular complexity index is 177. The first kappa shape index (κ1) is 18.1. The molecule has 0 saturated carbocycles. The average Bonchev–Trinajstić information content (AvgIpc) is 2.21. The van der Waals surface area contributed by atoms with Gasteiger partial charge in [0.25, 0.3) is 0 Å². The quantitative estimate of drug-likeness (QED) is 0.665. The van der Waals surface area contributed by atoms with E-state index in [9.17, 15) is 4.79 Å². The number of carbonyl (C=O) groups excluding carboxylic acids is 1. The number of nitrogens with two attached hydrogens (primary N) is 1. The van der Waals surface area contributed by atoms with Gasteiger partial charge in [0.05, 0.1) is 6.61 Å². The second-order valence-electron chi connectivity index (χ2n) is 3.69. The van der Waals surface area contributed by atoms with Gasteiger partial charge >= 0.3 is 0 Å². The van der Waals surface area contributed by atoms with Gasteiger partial charge in [0.1, 0.15) is 0 Å². The molecular formula is C11H25ClN2O2. The number of rotatable bonds is 8. The third-order valence-corrected chi connectivity index (χ3v) is 2.26. The molecular weight excluding hydrogens is 228 g/mol. The summed E-state index contributed by atoms with van der Waals surface area (Å²) in [6, 6.07) is 0.0968. The van der Waals surface area contributed by atoms with Crippen LogP contribution >= 0.6 is 12.4 Å². The van der Waals surface area contributed by atoms with Crippen molar-refractivity contribution in [3.05, 3.63) is 0 Å². The first-order valence-electron chi connectivity index (χ1n) is 5.72. The highest BCUT2D eigenvalue weighted by atomic mass is 35.5. The fourth-order valence-electron chi connectivity index (χ4n) is 1.29. The molecule has 0 radical (unpaired) electrons. The Kier molecular flexibility index (Phi) is 12.6. The zero-order valence-corrected chi connectivity index (χ0v) is 11.4. The molecule has 0 bridgehead atoms.